The Morgan fingerprint density at radius 3 is 0.831 bits per heavy atom. The highest BCUT2D eigenvalue weighted by Crippen LogP contribution is 2.54. The molecule has 0 aliphatic carbocycles. The smallest absolute Gasteiger partial charge is 0.332 e. The van der Waals surface area contributed by atoms with Crippen molar-refractivity contribution in [2.75, 3.05) is 0 Å². The Morgan fingerprint density at radius 2 is 0.458 bits per heavy atom. The molecular weight excluding hydrogens is 1730 g/mol. The van der Waals surface area contributed by atoms with Crippen molar-refractivity contribution < 1.29 is 0 Å². The molecule has 14 nitrogen and oxygen atoms in total. The van der Waals surface area contributed by atoms with E-state index in [1.807, 2.05) is 60.7 Å². The van der Waals surface area contributed by atoms with Gasteiger partial charge in [0.25, 0.3) is 5.82 Å². The van der Waals surface area contributed by atoms with Gasteiger partial charge in [-0.15, -0.1) is 0 Å². The molecule has 0 amide bonds. The van der Waals surface area contributed by atoms with Crippen LogP contribution in [0.5, 0.6) is 0 Å². The van der Waals surface area contributed by atoms with Crippen molar-refractivity contribution in [2.45, 2.75) is 0 Å². The summed E-state index contributed by atoms with van der Waals surface area (Å²) in [6.45, 7) is 15.4. The lowest BCUT2D eigenvalue weighted by Gasteiger charge is -2.12. The molecule has 0 fully saturated rings. The SMILES string of the molecule is [C-]#[N+]c1ccc(-c2nc(-n3c4ccccc4c4c5c6c7ccccc7ccc6n6c7ccccc7c(cc43)c56)nc3ccccc23)cc1.[C-]#[N+]c1nc(-n2c3ccccc3c3c4c5c6ccccc6ccc5n5c6ccccc6c(cc32)c45)nc2ccccc12.c1ccc(-c2ccc(-c3nc(-n4c5ccccc5c5c6c7c8ccccc8ccc7n7c8ccccc8c(cc54)c67)nc4ccccc34)cc2)cc1. The molecule has 0 aliphatic rings. The summed E-state index contributed by atoms with van der Waals surface area (Å²) >= 11 is 0. The molecule has 0 spiro atoms. The monoisotopic (exact) mass is 1800 g/mol. The number of rotatable bonds is 6. The second-order valence-corrected chi connectivity index (χ2v) is 37.1. The Morgan fingerprint density at radius 1 is 0.176 bits per heavy atom. The number of nitrogens with zero attached hydrogens (tertiary/aromatic N) is 14. The van der Waals surface area contributed by atoms with E-state index < -0.39 is 0 Å². The summed E-state index contributed by atoms with van der Waals surface area (Å²) < 4.78 is 14.1. The number of hydrogen-bond donors (Lipinski definition) is 0. The first kappa shape index (κ1) is 77.5. The zero-order chi connectivity index (χ0) is 93.0. The van der Waals surface area contributed by atoms with Gasteiger partial charge in [0.2, 0.25) is 11.9 Å². The van der Waals surface area contributed by atoms with Gasteiger partial charge in [0, 0.05) is 119 Å². The second kappa shape index (κ2) is 29.4. The molecule has 33 rings (SSSR count). The average molecular weight is 1800 g/mol. The molecule has 0 atom stereocenters. The Labute approximate surface area is 806 Å². The average Bonchev–Trinajstić information content (AvgIpc) is 1.52. The Hall–Kier alpha value is -19.8. The lowest BCUT2D eigenvalue weighted by atomic mass is 9.98. The molecular formula is C128H70N14. The standard InChI is InChI=1S/C48H28N4.C43H23N5.C37H19N5/c1-2-12-29(13-3-1)30-22-24-32(25-23-30)46-35-17-6-9-19-38(35)49-48(50-46)52-40-21-11-8-18-36(40)44-42(52)28-37-34-16-7-10-20-39(34)51-41-27-26-31-14-4-5-15-33(31)43(41)45(44)47(37)51;1-44-27-21-18-26(19-22-27)41-30-13-4-7-15-33(30)45-43(46-41)48-35-17-9-6-14-31(35)39-37(48)24-32-29-12-5-8-16-34(29)47-36-23-20-25-10-2-3-11-28(25)38(36)40(39)42(32)47;1-38-36-24-13-4-7-15-27(24)39-37(40-36)42-29-17-9-6-14-25(29)33-31(42)20-26-23-12-5-8-16-28(23)41-30-19-18-21-10-2-3-11-22(21)32(30)34(33)35(26)41/h1-28H;2-24H;2-20H. The molecule has 0 aliphatic heterocycles. The van der Waals surface area contributed by atoms with Gasteiger partial charge in [-0.05, 0) is 140 Å². The summed E-state index contributed by atoms with van der Waals surface area (Å²) in [5.74, 6) is 2.16. The van der Waals surface area contributed by atoms with Crippen LogP contribution in [0.3, 0.4) is 0 Å². The summed E-state index contributed by atoms with van der Waals surface area (Å²) in [4.78, 5) is 38.6. The summed E-state index contributed by atoms with van der Waals surface area (Å²) in [6.07, 6.45) is 0. The fourth-order valence-corrected chi connectivity index (χ4v) is 24.1. The molecule has 21 aromatic carbocycles. The molecule has 0 saturated carbocycles. The van der Waals surface area contributed by atoms with E-state index in [4.69, 9.17) is 43.0 Å². The minimum atomic E-state index is 0.361. The minimum Gasteiger partial charge on any atom is -0.360 e. The summed E-state index contributed by atoms with van der Waals surface area (Å²) in [5.41, 5.74) is 26.7. The number of aromatic nitrogens is 12. The lowest BCUT2D eigenvalue weighted by Crippen LogP contribution is -2.03. The van der Waals surface area contributed by atoms with Crippen LogP contribution in [-0.4, -0.2) is 56.8 Å². The largest absolute Gasteiger partial charge is 0.360 e. The fraction of sp³-hybridized carbons (Fsp3) is 0. The highest BCUT2D eigenvalue weighted by Gasteiger charge is 2.32. The van der Waals surface area contributed by atoms with E-state index in [0.29, 0.717) is 29.4 Å². The fourth-order valence-electron chi connectivity index (χ4n) is 24.1. The molecule has 0 bridgehead atoms. The van der Waals surface area contributed by atoms with E-state index in [9.17, 15) is 0 Å². The van der Waals surface area contributed by atoms with Crippen LogP contribution in [0.25, 0.3) is 306 Å². The van der Waals surface area contributed by atoms with Crippen molar-refractivity contribution in [1.82, 2.24) is 56.8 Å². The zero-order valence-electron chi connectivity index (χ0n) is 75.7. The zero-order valence-corrected chi connectivity index (χ0v) is 75.7. The number of fused-ring (bicyclic) bond motifs is 39. The van der Waals surface area contributed by atoms with Crippen LogP contribution in [-0.2, 0) is 0 Å². The Balaban J connectivity index is 0.0000000982. The quantitative estimate of drug-likeness (QED) is 0.153. The molecule has 14 heteroatoms. The van der Waals surface area contributed by atoms with Gasteiger partial charge in [-0.1, -0.05) is 345 Å². The van der Waals surface area contributed by atoms with E-state index in [1.165, 1.54) is 185 Å². The van der Waals surface area contributed by atoms with E-state index in [2.05, 4.69) is 401 Å². The van der Waals surface area contributed by atoms with Crippen LogP contribution in [0.2, 0.25) is 0 Å². The predicted molar refractivity (Wildman–Crippen MR) is 587 cm³/mol. The van der Waals surface area contributed by atoms with Gasteiger partial charge in [0.1, 0.15) is 0 Å². The van der Waals surface area contributed by atoms with Crippen molar-refractivity contribution in [1.29, 1.82) is 0 Å². The molecule has 33 aromatic rings. The van der Waals surface area contributed by atoms with Crippen molar-refractivity contribution in [2.24, 2.45) is 0 Å². The molecule has 652 valence electrons. The van der Waals surface area contributed by atoms with E-state index in [1.54, 1.807) is 0 Å². The second-order valence-electron chi connectivity index (χ2n) is 37.1. The molecule has 12 aromatic heterocycles. The third kappa shape index (κ3) is 10.7. The first-order valence-electron chi connectivity index (χ1n) is 47.8. The predicted octanol–water partition coefficient (Wildman–Crippen LogP) is 33.2. The molecule has 12 heterocycles. The van der Waals surface area contributed by atoms with Gasteiger partial charge in [-0.2, -0.15) is 4.98 Å². The molecule has 0 radical (unpaired) electrons. The lowest BCUT2D eigenvalue weighted by molar-refractivity contribution is 1.01. The maximum Gasteiger partial charge on any atom is 0.332 e. The van der Waals surface area contributed by atoms with E-state index in [-0.39, 0.29) is 0 Å². The number of hydrogen-bond acceptors (Lipinski definition) is 6. The first-order valence-corrected chi connectivity index (χ1v) is 47.8. The highest BCUT2D eigenvalue weighted by molar-refractivity contribution is 6.43. The Kier molecular flexibility index (Phi) is 16.0. The van der Waals surface area contributed by atoms with Crippen LogP contribution in [0.15, 0.2) is 425 Å². The van der Waals surface area contributed by atoms with Crippen LogP contribution >= 0.6 is 0 Å². The normalized spacial score (nSPS) is 12.2. The van der Waals surface area contributed by atoms with Crippen LogP contribution < -0.4 is 0 Å². The van der Waals surface area contributed by atoms with Gasteiger partial charge in [-0.3, -0.25) is 13.7 Å². The van der Waals surface area contributed by atoms with Crippen LogP contribution in [0, 0.1) is 13.1 Å². The third-order valence-corrected chi connectivity index (χ3v) is 30.0. The van der Waals surface area contributed by atoms with Gasteiger partial charge in [0.05, 0.1) is 117 Å². The van der Waals surface area contributed by atoms with Gasteiger partial charge >= 0.3 is 5.95 Å². The van der Waals surface area contributed by atoms with Crippen molar-refractivity contribution >= 4 is 256 Å². The molecule has 0 unspecified atom stereocenters. The maximum absolute atomic E-state index is 7.90. The van der Waals surface area contributed by atoms with Crippen molar-refractivity contribution in [3.63, 3.8) is 0 Å². The van der Waals surface area contributed by atoms with Crippen LogP contribution in [0.1, 0.15) is 0 Å². The summed E-state index contributed by atoms with van der Waals surface area (Å²) in [5, 5.41) is 32.3. The van der Waals surface area contributed by atoms with E-state index >= 15 is 0 Å². The highest BCUT2D eigenvalue weighted by atomic mass is 15.2. The van der Waals surface area contributed by atoms with Crippen molar-refractivity contribution in [3.05, 3.63) is 447 Å². The van der Waals surface area contributed by atoms with Crippen LogP contribution in [0.4, 0.5) is 11.5 Å². The van der Waals surface area contributed by atoms with E-state index in [0.717, 1.165) is 93.7 Å². The maximum atomic E-state index is 7.90. The first-order chi connectivity index (χ1) is 70.4. The molecule has 0 saturated heterocycles. The van der Waals surface area contributed by atoms with Gasteiger partial charge in [-0.25, -0.2) is 24.8 Å². The number of benzene rings is 21. The van der Waals surface area contributed by atoms with Gasteiger partial charge < -0.3 is 18.0 Å². The van der Waals surface area contributed by atoms with Gasteiger partial charge in [0.15, 0.2) is 5.69 Å². The molecule has 0 N–H and O–H groups in total. The Bertz CT molecular complexity index is 11400. The molecule has 142 heavy (non-hydrogen) atoms. The van der Waals surface area contributed by atoms with Crippen molar-refractivity contribution in [3.8, 4) is 51.5 Å². The topological polar surface area (TPSA) is 114 Å². The summed E-state index contributed by atoms with van der Waals surface area (Å²) in [6, 6.07) is 150. The summed E-state index contributed by atoms with van der Waals surface area (Å²) in [7, 11) is 0. The number of para-hydroxylation sites is 9. The third-order valence-electron chi connectivity index (χ3n) is 30.0. The minimum absolute atomic E-state index is 0.361.